The van der Waals surface area contributed by atoms with Crippen molar-refractivity contribution < 1.29 is 14.1 Å². The molecule has 0 N–H and O–H groups in total. The lowest BCUT2D eigenvalue weighted by molar-refractivity contribution is -0.141. The van der Waals surface area contributed by atoms with Gasteiger partial charge in [0.15, 0.2) is 0 Å². The van der Waals surface area contributed by atoms with E-state index < -0.39 is 12.0 Å². The van der Waals surface area contributed by atoms with Gasteiger partial charge in [-0.3, -0.25) is 4.79 Å². The largest absolute Gasteiger partial charge is 0.665 e. The summed E-state index contributed by atoms with van der Waals surface area (Å²) in [5.74, 6) is 0.106. The Hall–Kier alpha value is -0.505. The summed E-state index contributed by atoms with van der Waals surface area (Å²) in [6, 6.07) is 0. The molecule has 1 aliphatic rings. The van der Waals surface area contributed by atoms with Gasteiger partial charge in [-0.05, 0) is 13.8 Å². The first-order valence-electron chi connectivity index (χ1n) is 5.77. The van der Waals surface area contributed by atoms with Gasteiger partial charge in [-0.2, -0.15) is 0 Å². The van der Waals surface area contributed by atoms with E-state index in [1.807, 2.05) is 27.7 Å². The topological polar surface area (TPSA) is 35.5 Å². The van der Waals surface area contributed by atoms with Crippen LogP contribution in [0, 0.1) is 5.41 Å². The monoisotopic (exact) mass is 213 g/mol. The molecule has 1 saturated heterocycles. The summed E-state index contributed by atoms with van der Waals surface area (Å²) in [7, 11) is 0. The highest BCUT2D eigenvalue weighted by molar-refractivity contribution is 6.72. The van der Waals surface area contributed by atoms with Crippen molar-refractivity contribution in [3.05, 3.63) is 0 Å². The highest BCUT2D eigenvalue weighted by atomic mass is 16.6. The average molecular weight is 213 g/mol. The number of rotatable bonds is 3. The van der Waals surface area contributed by atoms with Gasteiger partial charge in [-0.1, -0.05) is 34.0 Å². The lowest BCUT2D eigenvalue weighted by Crippen LogP contribution is -2.44. The Kier molecular flexibility index (Phi) is 3.20. The fraction of sp³-hybridized carbons (Fsp3) is 0.909. The van der Waals surface area contributed by atoms with E-state index in [1.54, 1.807) is 0 Å². The van der Waals surface area contributed by atoms with Crippen LogP contribution >= 0.6 is 0 Å². The molecule has 0 aromatic carbocycles. The molecule has 0 amide bonds. The summed E-state index contributed by atoms with van der Waals surface area (Å²) in [6.45, 7) is 10.5. The van der Waals surface area contributed by atoms with Crippen molar-refractivity contribution in [2.75, 3.05) is 0 Å². The highest BCUT2D eigenvalue weighted by Crippen LogP contribution is 2.44. The van der Waals surface area contributed by atoms with Crippen molar-refractivity contribution in [3.8, 4) is 0 Å². The summed E-state index contributed by atoms with van der Waals surface area (Å²) in [5, 5.41) is 0. The lowest BCUT2D eigenvalue weighted by Gasteiger charge is -2.41. The SMILES string of the molecule is CC(C)O[B-]1(C(C)C)CC(C)(C)C(=O)O1. The zero-order valence-electron chi connectivity index (χ0n) is 10.7. The van der Waals surface area contributed by atoms with E-state index in [2.05, 4.69) is 13.8 Å². The number of carbonyl (C=O) groups excluding carboxylic acids is 1. The van der Waals surface area contributed by atoms with E-state index in [9.17, 15) is 4.79 Å². The fourth-order valence-corrected chi connectivity index (χ4v) is 2.24. The first-order valence-corrected chi connectivity index (χ1v) is 5.77. The second kappa shape index (κ2) is 3.82. The van der Waals surface area contributed by atoms with Gasteiger partial charge < -0.3 is 9.31 Å². The minimum atomic E-state index is -1.44. The Labute approximate surface area is 92.5 Å². The molecule has 15 heavy (non-hydrogen) atoms. The van der Waals surface area contributed by atoms with Crippen LogP contribution < -0.4 is 0 Å². The van der Waals surface area contributed by atoms with E-state index >= 15 is 0 Å². The highest BCUT2D eigenvalue weighted by Gasteiger charge is 2.49. The summed E-state index contributed by atoms with van der Waals surface area (Å²) in [5.41, 5.74) is -0.404. The molecule has 1 aliphatic heterocycles. The van der Waals surface area contributed by atoms with Crippen molar-refractivity contribution in [2.24, 2.45) is 5.41 Å². The lowest BCUT2D eigenvalue weighted by atomic mass is 9.44. The molecule has 0 saturated carbocycles. The molecule has 0 aromatic rings. The molecule has 88 valence electrons. The molecule has 0 aliphatic carbocycles. The Morgan fingerprint density at radius 1 is 1.33 bits per heavy atom. The minimum Gasteiger partial charge on any atom is -0.665 e. The van der Waals surface area contributed by atoms with Crippen molar-refractivity contribution in [1.29, 1.82) is 0 Å². The quantitative estimate of drug-likeness (QED) is 0.676. The second-order valence-corrected chi connectivity index (χ2v) is 5.86. The van der Waals surface area contributed by atoms with Crippen molar-refractivity contribution in [3.63, 3.8) is 0 Å². The summed E-state index contributed by atoms with van der Waals surface area (Å²) in [6.07, 6.45) is 0.788. The summed E-state index contributed by atoms with van der Waals surface area (Å²) < 4.78 is 11.4. The predicted octanol–water partition coefficient (Wildman–Crippen LogP) is 2.85. The van der Waals surface area contributed by atoms with E-state index in [4.69, 9.17) is 9.31 Å². The Morgan fingerprint density at radius 3 is 2.13 bits per heavy atom. The van der Waals surface area contributed by atoms with Crippen LogP contribution in [0.2, 0.25) is 12.1 Å². The molecule has 0 radical (unpaired) electrons. The van der Waals surface area contributed by atoms with Crippen LogP contribution in [0.25, 0.3) is 0 Å². The smallest absolute Gasteiger partial charge is 0.299 e. The summed E-state index contributed by atoms with van der Waals surface area (Å²) in [4.78, 5) is 11.7. The third-order valence-corrected chi connectivity index (χ3v) is 3.17. The zero-order chi connectivity index (χ0) is 11.9. The Bertz CT molecular complexity index is 261. The minimum absolute atomic E-state index is 0.0918. The van der Waals surface area contributed by atoms with Crippen LogP contribution in [0.15, 0.2) is 0 Å². The van der Waals surface area contributed by atoms with Gasteiger partial charge in [0.1, 0.15) is 0 Å². The molecule has 0 aromatic heterocycles. The van der Waals surface area contributed by atoms with Crippen LogP contribution in [0.5, 0.6) is 0 Å². The molecule has 0 spiro atoms. The fourth-order valence-electron chi connectivity index (χ4n) is 2.24. The summed E-state index contributed by atoms with van der Waals surface area (Å²) >= 11 is 0. The van der Waals surface area contributed by atoms with Crippen molar-refractivity contribution in [1.82, 2.24) is 0 Å². The van der Waals surface area contributed by atoms with Crippen LogP contribution in [0.4, 0.5) is 0 Å². The maximum Gasteiger partial charge on any atom is 0.299 e. The second-order valence-electron chi connectivity index (χ2n) is 5.86. The molecule has 0 bridgehead atoms. The molecular formula is C11H22BO3-. The molecule has 1 fully saturated rings. The van der Waals surface area contributed by atoms with Crippen molar-refractivity contribution in [2.45, 2.75) is 59.8 Å². The maximum atomic E-state index is 11.7. The molecule has 1 unspecified atom stereocenters. The molecular weight excluding hydrogens is 191 g/mol. The molecule has 3 nitrogen and oxygen atoms in total. The maximum absolute atomic E-state index is 11.7. The molecule has 1 heterocycles. The average Bonchev–Trinajstić information content (AvgIpc) is 2.21. The van der Waals surface area contributed by atoms with E-state index in [0.29, 0.717) is 6.32 Å². The predicted molar refractivity (Wildman–Crippen MR) is 61.8 cm³/mol. The Balaban J connectivity index is 2.92. The van der Waals surface area contributed by atoms with Gasteiger partial charge in [0.05, 0.1) is 0 Å². The normalized spacial score (nSPS) is 30.0. The van der Waals surface area contributed by atoms with E-state index in [0.717, 1.165) is 0 Å². The van der Waals surface area contributed by atoms with Crippen LogP contribution in [0.1, 0.15) is 41.5 Å². The molecule has 1 rings (SSSR count). The first kappa shape index (κ1) is 12.6. The van der Waals surface area contributed by atoms with Crippen LogP contribution in [-0.2, 0) is 14.1 Å². The van der Waals surface area contributed by atoms with Gasteiger partial charge in [0.25, 0.3) is 12.5 Å². The van der Waals surface area contributed by atoms with Gasteiger partial charge in [0, 0.05) is 11.5 Å². The van der Waals surface area contributed by atoms with Crippen LogP contribution in [0.3, 0.4) is 0 Å². The van der Waals surface area contributed by atoms with Gasteiger partial charge in [-0.15, -0.1) is 5.82 Å². The van der Waals surface area contributed by atoms with E-state index in [1.165, 1.54) is 0 Å². The van der Waals surface area contributed by atoms with E-state index in [-0.39, 0.29) is 17.9 Å². The number of hydrogen-bond acceptors (Lipinski definition) is 3. The third kappa shape index (κ3) is 2.36. The standard InChI is InChI=1S/C11H22BO3/c1-8(2)12(14-9(3)4)7-11(5,6)10(13)15-12/h8-9H,7H2,1-6H3/q-1. The third-order valence-electron chi connectivity index (χ3n) is 3.17. The van der Waals surface area contributed by atoms with Crippen LogP contribution in [-0.4, -0.2) is 18.6 Å². The number of carbonyl (C=O) groups is 1. The van der Waals surface area contributed by atoms with Gasteiger partial charge in [-0.25, -0.2) is 0 Å². The van der Waals surface area contributed by atoms with Gasteiger partial charge >= 0.3 is 0 Å². The van der Waals surface area contributed by atoms with Crippen molar-refractivity contribution >= 4 is 12.5 Å². The zero-order valence-corrected chi connectivity index (χ0v) is 10.7. The number of hydrogen-bond donors (Lipinski definition) is 0. The first-order chi connectivity index (χ1) is 6.69. The molecule has 1 atom stereocenters. The van der Waals surface area contributed by atoms with Gasteiger partial charge in [0.2, 0.25) is 0 Å². The Morgan fingerprint density at radius 2 is 1.87 bits per heavy atom. The molecule has 4 heteroatoms.